The van der Waals surface area contributed by atoms with Crippen molar-refractivity contribution in [2.75, 3.05) is 30.3 Å². The molecule has 4 rings (SSSR count). The zero-order valence-corrected chi connectivity index (χ0v) is 18.3. The van der Waals surface area contributed by atoms with Gasteiger partial charge in [0.1, 0.15) is 5.75 Å². The second kappa shape index (κ2) is 9.03. The van der Waals surface area contributed by atoms with E-state index < -0.39 is 0 Å². The van der Waals surface area contributed by atoms with Gasteiger partial charge in [0.25, 0.3) is 0 Å². The van der Waals surface area contributed by atoms with Gasteiger partial charge in [-0.15, -0.1) is 5.10 Å². The molecule has 1 aromatic carbocycles. The lowest BCUT2D eigenvalue weighted by Crippen LogP contribution is -2.34. The van der Waals surface area contributed by atoms with E-state index in [0.29, 0.717) is 5.92 Å². The zero-order chi connectivity index (χ0) is 20.2. The molecule has 6 nitrogen and oxygen atoms in total. The van der Waals surface area contributed by atoms with Crippen LogP contribution in [0.15, 0.2) is 35.5 Å². The molecule has 154 valence electrons. The highest BCUT2D eigenvalue weighted by molar-refractivity contribution is 7.99. The highest BCUT2D eigenvalue weighted by atomic mass is 32.2. The second-order valence-electron chi connectivity index (χ2n) is 7.64. The van der Waals surface area contributed by atoms with Crippen LogP contribution in [0, 0.1) is 12.8 Å². The van der Waals surface area contributed by atoms with Gasteiger partial charge < -0.3 is 14.2 Å². The average Bonchev–Trinajstić information content (AvgIpc) is 3.04. The van der Waals surface area contributed by atoms with E-state index in [4.69, 9.17) is 9.72 Å². The minimum Gasteiger partial charge on any atom is -0.494 e. The van der Waals surface area contributed by atoms with E-state index in [0.717, 1.165) is 65.3 Å². The molecule has 0 aliphatic carbocycles. The number of rotatable bonds is 7. The van der Waals surface area contributed by atoms with E-state index in [1.54, 1.807) is 11.8 Å². The first kappa shape index (κ1) is 20.0. The molecule has 2 aromatic heterocycles. The van der Waals surface area contributed by atoms with E-state index in [1.165, 1.54) is 12.8 Å². The molecule has 29 heavy (non-hydrogen) atoms. The highest BCUT2D eigenvalue weighted by Gasteiger charge is 2.20. The quantitative estimate of drug-likeness (QED) is 0.535. The number of imidazole rings is 1. The van der Waals surface area contributed by atoms with Crippen LogP contribution in [0.1, 0.15) is 31.9 Å². The van der Waals surface area contributed by atoms with Gasteiger partial charge in [-0.05, 0) is 62.1 Å². The van der Waals surface area contributed by atoms with E-state index in [9.17, 15) is 0 Å². The summed E-state index contributed by atoms with van der Waals surface area (Å²) in [4.78, 5) is 7.07. The van der Waals surface area contributed by atoms with Gasteiger partial charge in [0.15, 0.2) is 11.0 Å². The monoisotopic (exact) mass is 411 g/mol. The fourth-order valence-corrected chi connectivity index (χ4v) is 4.57. The Kier molecular flexibility index (Phi) is 6.23. The largest absolute Gasteiger partial charge is 0.494 e. The van der Waals surface area contributed by atoms with Crippen molar-refractivity contribution in [2.24, 2.45) is 13.0 Å². The number of benzene rings is 1. The van der Waals surface area contributed by atoms with Gasteiger partial charge in [0.05, 0.1) is 23.3 Å². The topological polar surface area (TPSA) is 56.1 Å². The van der Waals surface area contributed by atoms with Crippen LogP contribution in [0.2, 0.25) is 0 Å². The van der Waals surface area contributed by atoms with Crippen molar-refractivity contribution < 1.29 is 4.74 Å². The van der Waals surface area contributed by atoms with Crippen molar-refractivity contribution in [3.05, 3.63) is 36.0 Å². The summed E-state index contributed by atoms with van der Waals surface area (Å²) >= 11 is 1.77. The Balaban J connectivity index is 1.27. The van der Waals surface area contributed by atoms with Crippen molar-refractivity contribution in [1.29, 1.82) is 0 Å². The summed E-state index contributed by atoms with van der Waals surface area (Å²) in [5.41, 5.74) is 3.12. The van der Waals surface area contributed by atoms with Gasteiger partial charge >= 0.3 is 0 Å². The van der Waals surface area contributed by atoms with Gasteiger partial charge in [-0.25, -0.2) is 4.98 Å². The van der Waals surface area contributed by atoms with Gasteiger partial charge in [-0.1, -0.05) is 18.7 Å². The number of hydrogen-bond donors (Lipinski definition) is 0. The molecule has 0 bridgehead atoms. The van der Waals surface area contributed by atoms with Crippen molar-refractivity contribution in [1.82, 2.24) is 19.7 Å². The van der Waals surface area contributed by atoms with Crippen LogP contribution in [-0.4, -0.2) is 45.2 Å². The molecule has 0 amide bonds. The highest BCUT2D eigenvalue weighted by Crippen LogP contribution is 2.27. The lowest BCUT2D eigenvalue weighted by atomic mass is 9.94. The molecular formula is C22H29N5OS. The Morgan fingerprint density at radius 2 is 1.97 bits per heavy atom. The molecule has 3 aromatic rings. The number of anilines is 1. The number of ether oxygens (including phenoxy) is 1. The number of aryl methyl sites for hydroxylation is 2. The fourth-order valence-electron chi connectivity index (χ4n) is 3.86. The smallest absolute Gasteiger partial charge is 0.168 e. The van der Waals surface area contributed by atoms with Gasteiger partial charge in [-0.3, -0.25) is 0 Å². The van der Waals surface area contributed by atoms with E-state index in [2.05, 4.69) is 57.9 Å². The van der Waals surface area contributed by atoms with Crippen LogP contribution in [0.5, 0.6) is 5.75 Å². The Bertz CT molecular complexity index is 948. The lowest BCUT2D eigenvalue weighted by Gasteiger charge is -2.32. The summed E-state index contributed by atoms with van der Waals surface area (Å²) in [6.45, 7) is 6.96. The third-order valence-corrected chi connectivity index (χ3v) is 6.51. The lowest BCUT2D eigenvalue weighted by molar-refractivity contribution is 0.258. The Labute approximate surface area is 176 Å². The van der Waals surface area contributed by atoms with Crippen LogP contribution in [0.25, 0.3) is 11.0 Å². The van der Waals surface area contributed by atoms with Crippen LogP contribution in [0.4, 0.5) is 5.82 Å². The normalized spacial score (nSPS) is 15.2. The first-order valence-corrected chi connectivity index (χ1v) is 11.4. The van der Waals surface area contributed by atoms with Crippen molar-refractivity contribution in [2.45, 2.75) is 38.3 Å². The molecule has 0 saturated carbocycles. The average molecular weight is 412 g/mol. The maximum absolute atomic E-state index is 6.06. The third-order valence-electron chi connectivity index (χ3n) is 5.60. The van der Waals surface area contributed by atoms with E-state index in [1.807, 2.05) is 13.0 Å². The van der Waals surface area contributed by atoms with E-state index >= 15 is 0 Å². The van der Waals surface area contributed by atoms with Gasteiger partial charge in [-0.2, -0.15) is 5.10 Å². The van der Waals surface area contributed by atoms with Crippen molar-refractivity contribution in [3.63, 3.8) is 0 Å². The number of fused-ring (bicyclic) bond motifs is 1. The summed E-state index contributed by atoms with van der Waals surface area (Å²) in [5, 5.41) is 9.55. The molecule has 1 aliphatic rings. The minimum atomic E-state index is 0.704. The fraction of sp³-hybridized carbons (Fsp3) is 0.500. The number of thioether (sulfide) groups is 1. The SMILES string of the molecule is CCSc1nc2cc(OCCC3CCN(c4ccc(C)nn4)CC3)ccc2n1C. The van der Waals surface area contributed by atoms with Gasteiger partial charge in [0.2, 0.25) is 0 Å². The zero-order valence-electron chi connectivity index (χ0n) is 17.5. The molecule has 0 atom stereocenters. The molecule has 1 aliphatic heterocycles. The summed E-state index contributed by atoms with van der Waals surface area (Å²) in [5.74, 6) is 3.64. The molecule has 3 heterocycles. The molecule has 0 radical (unpaired) electrons. The van der Waals surface area contributed by atoms with Crippen LogP contribution in [-0.2, 0) is 7.05 Å². The minimum absolute atomic E-state index is 0.704. The second-order valence-corrected chi connectivity index (χ2v) is 8.87. The van der Waals surface area contributed by atoms with Crippen molar-refractivity contribution >= 4 is 28.6 Å². The first-order chi connectivity index (χ1) is 14.1. The third kappa shape index (κ3) is 4.66. The number of aromatic nitrogens is 4. The number of hydrogen-bond acceptors (Lipinski definition) is 6. The Hall–Kier alpha value is -2.28. The standard InChI is InChI=1S/C22H29N5OS/c1-4-29-22-23-19-15-18(6-7-20(19)26(22)3)28-14-11-17-9-12-27(13-10-17)21-8-5-16(2)24-25-21/h5-8,15,17H,4,9-14H2,1-3H3. The summed E-state index contributed by atoms with van der Waals surface area (Å²) < 4.78 is 8.21. The summed E-state index contributed by atoms with van der Waals surface area (Å²) in [6.07, 6.45) is 3.44. The number of nitrogens with zero attached hydrogens (tertiary/aromatic N) is 5. The molecule has 0 unspecified atom stereocenters. The van der Waals surface area contributed by atoms with Crippen molar-refractivity contribution in [3.8, 4) is 5.75 Å². The van der Waals surface area contributed by atoms with Crippen LogP contribution in [0.3, 0.4) is 0 Å². The Morgan fingerprint density at radius 1 is 1.14 bits per heavy atom. The maximum Gasteiger partial charge on any atom is 0.168 e. The first-order valence-electron chi connectivity index (χ1n) is 10.4. The predicted octanol–water partition coefficient (Wildman–Crippen LogP) is 4.47. The van der Waals surface area contributed by atoms with Gasteiger partial charge in [0, 0.05) is 26.2 Å². The predicted molar refractivity (Wildman–Crippen MR) is 119 cm³/mol. The number of piperidine rings is 1. The molecule has 0 spiro atoms. The molecular weight excluding hydrogens is 382 g/mol. The molecule has 1 saturated heterocycles. The maximum atomic E-state index is 6.06. The van der Waals surface area contributed by atoms with Crippen LogP contribution >= 0.6 is 11.8 Å². The summed E-state index contributed by atoms with van der Waals surface area (Å²) in [6, 6.07) is 10.3. The summed E-state index contributed by atoms with van der Waals surface area (Å²) in [7, 11) is 2.07. The van der Waals surface area contributed by atoms with Crippen LogP contribution < -0.4 is 9.64 Å². The molecule has 7 heteroatoms. The molecule has 0 N–H and O–H groups in total. The molecule has 1 fully saturated rings. The Morgan fingerprint density at radius 3 is 2.69 bits per heavy atom. The van der Waals surface area contributed by atoms with E-state index in [-0.39, 0.29) is 0 Å².